The Balaban J connectivity index is 3.14. The van der Waals surface area contributed by atoms with Crippen LogP contribution < -0.4 is 9.86 Å². The first kappa shape index (κ1) is 17.4. The molecule has 0 fully saturated rings. The maximum atomic E-state index is 12.0. The van der Waals surface area contributed by atoms with Gasteiger partial charge >= 0.3 is 5.97 Å². The first-order chi connectivity index (χ1) is 9.44. The first-order valence-electron chi connectivity index (χ1n) is 5.51. The van der Waals surface area contributed by atoms with Crippen LogP contribution in [-0.2, 0) is 20.0 Å². The molecule has 1 rings (SSSR count). The minimum Gasteiger partial charge on any atom is -0.507 e. The fraction of sp³-hybridized carbons (Fsp3) is 0.300. The van der Waals surface area contributed by atoms with Crippen molar-refractivity contribution < 1.29 is 31.8 Å². The average molecular weight is 338 g/mol. The molecule has 21 heavy (non-hydrogen) atoms. The fourth-order valence-corrected chi connectivity index (χ4v) is 3.33. The highest BCUT2D eigenvalue weighted by molar-refractivity contribution is 7.90. The van der Waals surface area contributed by atoms with E-state index in [2.05, 4.69) is 0 Å². The van der Waals surface area contributed by atoms with Gasteiger partial charge in [0.25, 0.3) is 0 Å². The number of aromatic carboxylic acids is 1. The average Bonchev–Trinajstić information content (AvgIpc) is 2.25. The lowest BCUT2D eigenvalue weighted by Gasteiger charge is -2.11. The Morgan fingerprint density at radius 3 is 2.33 bits per heavy atom. The van der Waals surface area contributed by atoms with Gasteiger partial charge in [-0.15, -0.1) is 0 Å². The van der Waals surface area contributed by atoms with Crippen molar-refractivity contribution in [3.63, 3.8) is 0 Å². The molecule has 0 unspecified atom stereocenters. The van der Waals surface area contributed by atoms with Crippen LogP contribution in [0.15, 0.2) is 17.0 Å². The van der Waals surface area contributed by atoms with Crippen molar-refractivity contribution in [2.24, 2.45) is 5.14 Å². The van der Waals surface area contributed by atoms with Crippen molar-refractivity contribution >= 4 is 26.0 Å². The quantitative estimate of drug-likeness (QED) is 0.514. The molecule has 5 N–H and O–H groups in total. The van der Waals surface area contributed by atoms with Crippen molar-refractivity contribution in [2.75, 3.05) is 12.3 Å². The fourth-order valence-electron chi connectivity index (χ4n) is 1.53. The van der Waals surface area contributed by atoms with Crippen molar-refractivity contribution in [3.05, 3.63) is 23.3 Å². The van der Waals surface area contributed by atoms with Gasteiger partial charge in [0.15, 0.2) is 0 Å². The van der Waals surface area contributed by atoms with E-state index in [1.54, 1.807) is 0 Å². The van der Waals surface area contributed by atoms with Gasteiger partial charge in [-0.1, -0.05) is 0 Å². The van der Waals surface area contributed by atoms with Crippen LogP contribution in [-0.4, -0.2) is 45.3 Å². The molecule has 0 heterocycles. The van der Waals surface area contributed by atoms with E-state index in [4.69, 9.17) is 10.2 Å². The molecule has 0 amide bonds. The Labute approximate surface area is 121 Å². The number of hydrogen-bond donors (Lipinski definition) is 4. The second kappa shape index (κ2) is 5.97. The van der Waals surface area contributed by atoms with E-state index in [0.29, 0.717) is 0 Å². The van der Waals surface area contributed by atoms with Crippen LogP contribution in [0.1, 0.15) is 15.9 Å². The molecule has 0 saturated heterocycles. The predicted octanol–water partition coefficient (Wildman–Crippen LogP) is -1.03. The monoisotopic (exact) mass is 338 g/mol. The molecule has 0 aliphatic carbocycles. The lowest BCUT2D eigenvalue weighted by molar-refractivity contribution is 0.0693. The van der Waals surface area contributed by atoms with E-state index in [0.717, 1.165) is 12.1 Å². The summed E-state index contributed by atoms with van der Waals surface area (Å²) in [6.45, 7) is 0.906. The Morgan fingerprint density at radius 1 is 1.29 bits per heavy atom. The zero-order chi connectivity index (χ0) is 16.4. The van der Waals surface area contributed by atoms with Crippen LogP contribution in [0.25, 0.3) is 0 Å². The summed E-state index contributed by atoms with van der Waals surface area (Å²) in [7, 11) is -7.96. The number of carboxylic acids is 1. The second-order valence-electron chi connectivity index (χ2n) is 4.20. The van der Waals surface area contributed by atoms with Gasteiger partial charge in [0.2, 0.25) is 20.0 Å². The molecule has 0 radical (unpaired) electrons. The molecule has 11 heteroatoms. The topological polar surface area (TPSA) is 164 Å². The third-order valence-electron chi connectivity index (χ3n) is 2.49. The maximum absolute atomic E-state index is 12.0. The number of nitrogens with one attached hydrogen (secondary N) is 1. The molecule has 9 nitrogen and oxygen atoms in total. The van der Waals surface area contributed by atoms with E-state index >= 15 is 0 Å². The van der Waals surface area contributed by atoms with Gasteiger partial charge in [0.05, 0.1) is 10.6 Å². The summed E-state index contributed by atoms with van der Waals surface area (Å²) in [6.07, 6.45) is 0. The highest BCUT2D eigenvalue weighted by atomic mass is 32.2. The van der Waals surface area contributed by atoms with Crippen molar-refractivity contribution in [1.29, 1.82) is 0 Å². The standard InChI is InChI=1S/C10H14N2O7S2/c1-6-4-8(13)7(10(14)15)5-9(6)21(18,19)12-2-3-20(11,16)17/h4-5,12-13H,2-3H2,1H3,(H,14,15)(H2,11,16,17). The highest BCUT2D eigenvalue weighted by Crippen LogP contribution is 2.25. The Bertz CT molecular complexity index is 769. The summed E-state index contributed by atoms with van der Waals surface area (Å²) >= 11 is 0. The lowest BCUT2D eigenvalue weighted by Crippen LogP contribution is -2.32. The van der Waals surface area contributed by atoms with Crippen LogP contribution in [0.5, 0.6) is 5.75 Å². The normalized spacial score (nSPS) is 12.3. The second-order valence-corrected chi connectivity index (χ2v) is 7.67. The molecule has 0 bridgehead atoms. The number of aryl methyl sites for hydroxylation is 1. The number of carbonyl (C=O) groups is 1. The van der Waals surface area contributed by atoms with Gasteiger partial charge in [0.1, 0.15) is 11.3 Å². The Morgan fingerprint density at radius 2 is 1.86 bits per heavy atom. The number of carboxylic acid groups (broad SMARTS) is 1. The smallest absolute Gasteiger partial charge is 0.339 e. The predicted molar refractivity (Wildman–Crippen MR) is 73.0 cm³/mol. The summed E-state index contributed by atoms with van der Waals surface area (Å²) in [5, 5.41) is 23.0. The zero-order valence-corrected chi connectivity index (χ0v) is 12.5. The first-order valence-corrected chi connectivity index (χ1v) is 8.71. The van der Waals surface area contributed by atoms with E-state index in [1.807, 2.05) is 4.72 Å². The number of aromatic hydroxyl groups is 1. The summed E-state index contributed by atoms with van der Waals surface area (Å²) in [5.41, 5.74) is -0.465. The molecule has 0 aromatic heterocycles. The number of phenols is 1. The molecule has 0 saturated carbocycles. The molecular weight excluding hydrogens is 324 g/mol. The minimum atomic E-state index is -4.13. The largest absolute Gasteiger partial charge is 0.507 e. The van der Waals surface area contributed by atoms with Crippen LogP contribution in [0.3, 0.4) is 0 Å². The molecule has 118 valence electrons. The summed E-state index contributed by atoms with van der Waals surface area (Å²) in [4.78, 5) is 10.5. The number of sulfonamides is 2. The van der Waals surface area contributed by atoms with Crippen molar-refractivity contribution in [2.45, 2.75) is 11.8 Å². The van der Waals surface area contributed by atoms with Gasteiger partial charge in [-0.3, -0.25) is 0 Å². The van der Waals surface area contributed by atoms with Gasteiger partial charge < -0.3 is 10.2 Å². The van der Waals surface area contributed by atoms with E-state index in [9.17, 15) is 26.7 Å². The zero-order valence-electron chi connectivity index (χ0n) is 10.9. The van der Waals surface area contributed by atoms with Crippen LogP contribution >= 0.6 is 0 Å². The van der Waals surface area contributed by atoms with Gasteiger partial charge in [0, 0.05) is 6.54 Å². The van der Waals surface area contributed by atoms with Crippen LogP contribution in [0.2, 0.25) is 0 Å². The van der Waals surface area contributed by atoms with E-state index in [-0.39, 0.29) is 10.5 Å². The van der Waals surface area contributed by atoms with Gasteiger partial charge in [-0.25, -0.2) is 31.5 Å². The molecule has 1 aromatic rings. The highest BCUT2D eigenvalue weighted by Gasteiger charge is 2.22. The lowest BCUT2D eigenvalue weighted by atomic mass is 10.1. The molecule has 0 aliphatic heterocycles. The third kappa shape index (κ3) is 4.67. The van der Waals surface area contributed by atoms with Crippen molar-refractivity contribution in [1.82, 2.24) is 4.72 Å². The SMILES string of the molecule is Cc1cc(O)c(C(=O)O)cc1S(=O)(=O)NCCS(N)(=O)=O. The summed E-state index contributed by atoms with van der Waals surface area (Å²) in [6, 6.07) is 1.80. The summed E-state index contributed by atoms with van der Waals surface area (Å²) < 4.78 is 47.5. The van der Waals surface area contributed by atoms with Crippen LogP contribution in [0, 0.1) is 6.92 Å². The molecule has 0 aliphatic rings. The molecule has 1 aromatic carbocycles. The number of primary sulfonamides is 1. The molecular formula is C10H14N2O7S2. The van der Waals surface area contributed by atoms with E-state index < -0.39 is 49.6 Å². The maximum Gasteiger partial charge on any atom is 0.339 e. The molecule has 0 atom stereocenters. The number of benzene rings is 1. The Kier molecular flexibility index (Phi) is 4.94. The summed E-state index contributed by atoms with van der Waals surface area (Å²) in [5.74, 6) is -2.66. The number of rotatable bonds is 6. The minimum absolute atomic E-state index is 0.112. The van der Waals surface area contributed by atoms with Crippen LogP contribution in [0.4, 0.5) is 0 Å². The number of nitrogens with two attached hydrogens (primary N) is 1. The number of hydrogen-bond acceptors (Lipinski definition) is 6. The van der Waals surface area contributed by atoms with Crippen molar-refractivity contribution in [3.8, 4) is 5.75 Å². The van der Waals surface area contributed by atoms with Gasteiger partial charge in [-0.2, -0.15) is 0 Å². The third-order valence-corrected chi connectivity index (χ3v) is 4.87. The van der Waals surface area contributed by atoms with E-state index in [1.165, 1.54) is 6.92 Å². The Hall–Kier alpha value is -1.69. The van der Waals surface area contributed by atoms with Gasteiger partial charge in [-0.05, 0) is 24.6 Å². The molecule has 0 spiro atoms.